The molecule has 3 aromatic rings. The van der Waals surface area contributed by atoms with E-state index in [0.717, 1.165) is 15.4 Å². The van der Waals surface area contributed by atoms with E-state index in [4.69, 9.17) is 4.74 Å². The molecule has 0 aliphatic rings. The van der Waals surface area contributed by atoms with Crippen LogP contribution >= 0.6 is 0 Å². The molecule has 0 saturated heterocycles. The highest BCUT2D eigenvalue weighted by Gasteiger charge is 2.33. The monoisotopic (exact) mass is 551 g/mol. The molecule has 0 aliphatic heterocycles. The first kappa shape index (κ1) is 29.7. The van der Waals surface area contributed by atoms with Crippen LogP contribution in [0.15, 0.2) is 83.8 Å². The molecule has 208 valence electrons. The second kappa shape index (κ2) is 13.8. The Labute approximate surface area is 231 Å². The lowest BCUT2D eigenvalue weighted by atomic mass is 10.1. The molecule has 1 atom stereocenters. The summed E-state index contributed by atoms with van der Waals surface area (Å²) in [6.45, 7) is 8.03. The molecule has 0 fully saturated rings. The second-order valence-electron chi connectivity index (χ2n) is 9.08. The van der Waals surface area contributed by atoms with E-state index < -0.39 is 28.5 Å². The molecule has 8 nitrogen and oxygen atoms in total. The number of likely N-dealkylation sites (N-methyl/N-ethyl adjacent to an activating group) is 1. The molecular formula is C30H37N3O5S. The van der Waals surface area contributed by atoms with Crippen LogP contribution in [-0.4, -0.2) is 50.9 Å². The average Bonchev–Trinajstić information content (AvgIpc) is 2.92. The van der Waals surface area contributed by atoms with Gasteiger partial charge in [-0.15, -0.1) is 0 Å². The third-order valence-corrected chi connectivity index (χ3v) is 8.01. The zero-order chi connectivity index (χ0) is 28.4. The number of carbonyl (C=O) groups is 2. The number of carbonyl (C=O) groups excluding carboxylic acids is 2. The van der Waals surface area contributed by atoms with Crippen LogP contribution in [0.5, 0.6) is 5.75 Å². The number of amides is 2. The third kappa shape index (κ3) is 7.60. The SMILES string of the molecule is CCNC(=O)[C@@H](CC)N(Cc1cccc(C)c1)C(=O)CN(c1ccccc1)S(=O)(=O)c1ccc(OCC)cc1. The quantitative estimate of drug-likeness (QED) is 0.337. The normalized spacial score (nSPS) is 11.9. The zero-order valence-corrected chi connectivity index (χ0v) is 23.8. The van der Waals surface area contributed by atoms with Crippen LogP contribution in [0.25, 0.3) is 0 Å². The summed E-state index contributed by atoms with van der Waals surface area (Å²) in [6.07, 6.45) is 0.375. The molecule has 0 spiro atoms. The first-order valence-electron chi connectivity index (χ1n) is 13.1. The van der Waals surface area contributed by atoms with Crippen molar-refractivity contribution in [2.75, 3.05) is 24.0 Å². The van der Waals surface area contributed by atoms with Gasteiger partial charge in [0.25, 0.3) is 10.0 Å². The summed E-state index contributed by atoms with van der Waals surface area (Å²) in [4.78, 5) is 28.5. The fraction of sp³-hybridized carbons (Fsp3) is 0.333. The topological polar surface area (TPSA) is 96.0 Å². The lowest BCUT2D eigenvalue weighted by Gasteiger charge is -2.33. The Morgan fingerprint density at radius 2 is 1.62 bits per heavy atom. The number of rotatable bonds is 13. The van der Waals surface area contributed by atoms with Gasteiger partial charge in [0.15, 0.2) is 0 Å². The lowest BCUT2D eigenvalue weighted by Crippen LogP contribution is -2.52. The van der Waals surface area contributed by atoms with E-state index in [1.807, 2.05) is 52.0 Å². The fourth-order valence-electron chi connectivity index (χ4n) is 4.34. The Morgan fingerprint density at radius 1 is 0.923 bits per heavy atom. The molecule has 9 heteroatoms. The van der Waals surface area contributed by atoms with E-state index in [2.05, 4.69) is 5.32 Å². The van der Waals surface area contributed by atoms with Gasteiger partial charge < -0.3 is 15.0 Å². The molecule has 0 heterocycles. The van der Waals surface area contributed by atoms with E-state index in [1.54, 1.807) is 42.5 Å². The minimum Gasteiger partial charge on any atom is -0.494 e. The lowest BCUT2D eigenvalue weighted by molar-refractivity contribution is -0.140. The van der Waals surface area contributed by atoms with Crippen molar-refractivity contribution in [1.29, 1.82) is 0 Å². The molecule has 0 aromatic heterocycles. The zero-order valence-electron chi connectivity index (χ0n) is 23.0. The Hall–Kier alpha value is -3.85. The Morgan fingerprint density at radius 3 is 2.21 bits per heavy atom. The van der Waals surface area contributed by atoms with Crippen LogP contribution in [0.1, 0.15) is 38.3 Å². The van der Waals surface area contributed by atoms with Gasteiger partial charge in [0, 0.05) is 13.1 Å². The number of aryl methyl sites for hydroxylation is 1. The maximum absolute atomic E-state index is 14.0. The van der Waals surface area contributed by atoms with Crippen molar-refractivity contribution < 1.29 is 22.7 Å². The van der Waals surface area contributed by atoms with Crippen LogP contribution < -0.4 is 14.4 Å². The van der Waals surface area contributed by atoms with Crippen molar-refractivity contribution in [1.82, 2.24) is 10.2 Å². The number of sulfonamides is 1. The highest BCUT2D eigenvalue weighted by atomic mass is 32.2. The summed E-state index contributed by atoms with van der Waals surface area (Å²) in [7, 11) is -4.13. The molecule has 3 aromatic carbocycles. The number of anilines is 1. The van der Waals surface area contributed by atoms with Crippen molar-refractivity contribution in [3.63, 3.8) is 0 Å². The molecule has 0 aliphatic carbocycles. The van der Waals surface area contributed by atoms with E-state index >= 15 is 0 Å². The van der Waals surface area contributed by atoms with Crippen molar-refractivity contribution >= 4 is 27.5 Å². The van der Waals surface area contributed by atoms with Gasteiger partial charge in [-0.2, -0.15) is 0 Å². The van der Waals surface area contributed by atoms with E-state index in [0.29, 0.717) is 31.0 Å². The van der Waals surface area contributed by atoms with Crippen molar-refractivity contribution in [2.45, 2.75) is 51.6 Å². The maximum Gasteiger partial charge on any atom is 0.264 e. The van der Waals surface area contributed by atoms with Crippen LogP contribution in [-0.2, 0) is 26.2 Å². The number of nitrogens with one attached hydrogen (secondary N) is 1. The van der Waals surface area contributed by atoms with Crippen molar-refractivity contribution in [2.24, 2.45) is 0 Å². The first-order valence-corrected chi connectivity index (χ1v) is 14.6. The molecule has 3 rings (SSSR count). The maximum atomic E-state index is 14.0. The number of benzene rings is 3. The molecule has 0 bridgehead atoms. The van der Waals surface area contributed by atoms with Crippen LogP contribution in [0, 0.1) is 6.92 Å². The van der Waals surface area contributed by atoms with Crippen molar-refractivity contribution in [3.05, 3.63) is 90.0 Å². The van der Waals surface area contributed by atoms with Crippen LogP contribution in [0.2, 0.25) is 0 Å². The summed E-state index contributed by atoms with van der Waals surface area (Å²) < 4.78 is 34.3. The molecule has 0 saturated carbocycles. The van der Waals surface area contributed by atoms with E-state index in [1.165, 1.54) is 17.0 Å². The Kier molecular flexibility index (Phi) is 10.5. The number of nitrogens with zero attached hydrogens (tertiary/aromatic N) is 2. The van der Waals surface area contributed by atoms with Gasteiger partial charge in [-0.05, 0) is 69.2 Å². The standard InChI is InChI=1S/C30H37N3O5S/c1-5-28(30(35)31-6-2)32(21-24-13-11-12-23(4)20-24)29(34)22-33(25-14-9-8-10-15-25)39(36,37)27-18-16-26(17-19-27)38-7-3/h8-20,28H,5-7,21-22H2,1-4H3,(H,31,35)/t28-/m1/s1. The minimum absolute atomic E-state index is 0.0311. The predicted molar refractivity (Wildman–Crippen MR) is 153 cm³/mol. The molecule has 0 unspecified atom stereocenters. The summed E-state index contributed by atoms with van der Waals surface area (Å²) in [6, 6.07) is 21.6. The van der Waals surface area contributed by atoms with Gasteiger partial charge in [0.05, 0.1) is 17.2 Å². The molecular weight excluding hydrogens is 514 g/mol. The summed E-state index contributed by atoms with van der Waals surface area (Å²) in [5.74, 6) is -0.203. The number of hydrogen-bond acceptors (Lipinski definition) is 5. The van der Waals surface area contributed by atoms with E-state index in [9.17, 15) is 18.0 Å². The van der Waals surface area contributed by atoms with Gasteiger partial charge in [-0.25, -0.2) is 8.42 Å². The fourth-order valence-corrected chi connectivity index (χ4v) is 5.76. The number of para-hydroxylation sites is 1. The van der Waals surface area contributed by atoms with Gasteiger partial charge in [0.2, 0.25) is 11.8 Å². The average molecular weight is 552 g/mol. The van der Waals surface area contributed by atoms with Crippen LogP contribution in [0.4, 0.5) is 5.69 Å². The molecule has 0 radical (unpaired) electrons. The molecule has 2 amide bonds. The van der Waals surface area contributed by atoms with E-state index in [-0.39, 0.29) is 17.3 Å². The third-order valence-electron chi connectivity index (χ3n) is 6.22. The van der Waals surface area contributed by atoms with Crippen molar-refractivity contribution in [3.8, 4) is 5.75 Å². The van der Waals surface area contributed by atoms with Gasteiger partial charge in [-0.1, -0.05) is 55.0 Å². The smallest absolute Gasteiger partial charge is 0.264 e. The number of ether oxygens (including phenoxy) is 1. The first-order chi connectivity index (χ1) is 18.7. The summed E-state index contributed by atoms with van der Waals surface area (Å²) in [5.41, 5.74) is 2.22. The largest absolute Gasteiger partial charge is 0.494 e. The highest BCUT2D eigenvalue weighted by molar-refractivity contribution is 7.92. The Balaban J connectivity index is 2.02. The predicted octanol–water partition coefficient (Wildman–Crippen LogP) is 4.53. The Bertz CT molecular complexity index is 1340. The summed E-state index contributed by atoms with van der Waals surface area (Å²) >= 11 is 0. The van der Waals surface area contributed by atoms with Gasteiger partial charge in [-0.3, -0.25) is 13.9 Å². The molecule has 1 N–H and O–H groups in total. The molecule has 39 heavy (non-hydrogen) atoms. The second-order valence-corrected chi connectivity index (χ2v) is 10.9. The van der Waals surface area contributed by atoms with Gasteiger partial charge >= 0.3 is 0 Å². The number of hydrogen-bond donors (Lipinski definition) is 1. The minimum atomic E-state index is -4.13. The van der Waals surface area contributed by atoms with Crippen LogP contribution in [0.3, 0.4) is 0 Å². The van der Waals surface area contributed by atoms with Gasteiger partial charge in [0.1, 0.15) is 18.3 Å². The summed E-state index contributed by atoms with van der Waals surface area (Å²) in [5, 5.41) is 2.81. The highest BCUT2D eigenvalue weighted by Crippen LogP contribution is 2.26.